The maximum atomic E-state index is 11.7. The number of aliphatic imine (C=N–C) groups is 1. The van der Waals surface area contributed by atoms with Crippen molar-refractivity contribution in [1.29, 1.82) is 0 Å². The minimum atomic E-state index is -0.628. The van der Waals surface area contributed by atoms with Crippen molar-refractivity contribution in [3.05, 3.63) is 40.7 Å². The summed E-state index contributed by atoms with van der Waals surface area (Å²) >= 11 is 0. The Morgan fingerprint density at radius 1 is 1.21 bits per heavy atom. The number of aromatic nitrogens is 2. The molecule has 1 saturated carbocycles. The van der Waals surface area contributed by atoms with Gasteiger partial charge in [0.1, 0.15) is 11.4 Å². The number of anilines is 1. The Kier molecular flexibility index (Phi) is 5.18. The second kappa shape index (κ2) is 7.82. The molecule has 1 aromatic heterocycles. The zero-order chi connectivity index (χ0) is 23.4. The molecule has 33 heavy (non-hydrogen) atoms. The number of nitrogens with two attached hydrogens (primary N) is 1. The number of hydrogen-bond acceptors (Lipinski definition) is 7. The lowest BCUT2D eigenvalue weighted by molar-refractivity contribution is -0.142. The van der Waals surface area contributed by atoms with E-state index in [9.17, 15) is 4.79 Å². The Morgan fingerprint density at radius 2 is 1.97 bits per heavy atom. The lowest BCUT2D eigenvalue weighted by atomic mass is 9.66. The second-order valence-corrected chi connectivity index (χ2v) is 10.3. The fourth-order valence-electron chi connectivity index (χ4n) is 5.93. The molecule has 7 heteroatoms. The van der Waals surface area contributed by atoms with Crippen LogP contribution >= 0.6 is 0 Å². The number of nitrogens with zero attached hydrogens (tertiary/aromatic N) is 3. The molecule has 0 saturated heterocycles. The van der Waals surface area contributed by atoms with Gasteiger partial charge in [-0.05, 0) is 87.8 Å². The van der Waals surface area contributed by atoms with Crippen molar-refractivity contribution in [1.82, 2.24) is 9.97 Å². The van der Waals surface area contributed by atoms with E-state index in [2.05, 4.69) is 28.2 Å². The first kappa shape index (κ1) is 21.9. The number of methoxy groups -OCH3 is 1. The van der Waals surface area contributed by atoms with Crippen LogP contribution in [0.4, 0.5) is 11.5 Å². The maximum Gasteiger partial charge on any atom is 0.305 e. The highest BCUT2D eigenvalue weighted by atomic mass is 16.5. The molecule has 1 aliphatic heterocycles. The topological polar surface area (TPSA) is 99.7 Å². The SMILES string of the molecule is COC(=O)CC1CCC2(CCc3cc(C4=Nc5c(N)nc(C)nc5OC4(C)C)ccc32)CC1. The third-order valence-electron chi connectivity index (χ3n) is 7.70. The summed E-state index contributed by atoms with van der Waals surface area (Å²) in [6.07, 6.45) is 7.22. The van der Waals surface area contributed by atoms with E-state index < -0.39 is 5.60 Å². The van der Waals surface area contributed by atoms with Gasteiger partial charge in [-0.15, -0.1) is 0 Å². The number of carbonyl (C=O) groups excluding carboxylic acids is 1. The van der Waals surface area contributed by atoms with Crippen LogP contribution in [-0.4, -0.2) is 34.4 Å². The number of aryl methyl sites for hydroxylation is 2. The summed E-state index contributed by atoms with van der Waals surface area (Å²) in [4.78, 5) is 25.2. The van der Waals surface area contributed by atoms with E-state index in [1.54, 1.807) is 6.92 Å². The highest BCUT2D eigenvalue weighted by molar-refractivity contribution is 6.09. The molecular weight excluding hydrogens is 416 g/mol. The van der Waals surface area contributed by atoms with Gasteiger partial charge in [-0.2, -0.15) is 4.98 Å². The van der Waals surface area contributed by atoms with Gasteiger partial charge < -0.3 is 15.2 Å². The van der Waals surface area contributed by atoms with Crippen LogP contribution < -0.4 is 10.5 Å². The van der Waals surface area contributed by atoms with Gasteiger partial charge in [0.15, 0.2) is 11.5 Å². The zero-order valence-corrected chi connectivity index (χ0v) is 19.9. The number of fused-ring (bicyclic) bond motifs is 3. The summed E-state index contributed by atoms with van der Waals surface area (Å²) in [5, 5.41) is 0. The molecule has 2 aliphatic carbocycles. The van der Waals surface area contributed by atoms with Crippen molar-refractivity contribution in [2.45, 2.75) is 76.7 Å². The van der Waals surface area contributed by atoms with E-state index in [0.29, 0.717) is 35.5 Å². The standard InChI is InChI=1S/C26H32N4O3/c1-15-28-23(27)21-24(29-15)33-25(2,3)22(30-21)18-5-6-19-17(14-18)9-12-26(19)10-7-16(8-11-26)13-20(31)32-4/h5-6,14,16H,7-13H2,1-4H3,(H2,27,28,29). The normalized spacial score (nSPS) is 25.1. The highest BCUT2D eigenvalue weighted by Gasteiger charge is 2.43. The third-order valence-corrected chi connectivity index (χ3v) is 7.70. The fraction of sp³-hybridized carbons (Fsp3) is 0.538. The monoisotopic (exact) mass is 448 g/mol. The van der Waals surface area contributed by atoms with Crippen molar-refractivity contribution in [3.63, 3.8) is 0 Å². The Bertz CT molecular complexity index is 1150. The Labute approximate surface area is 194 Å². The van der Waals surface area contributed by atoms with E-state index in [0.717, 1.165) is 43.4 Å². The van der Waals surface area contributed by atoms with E-state index in [-0.39, 0.29) is 11.4 Å². The van der Waals surface area contributed by atoms with Crippen LogP contribution in [0, 0.1) is 12.8 Å². The van der Waals surface area contributed by atoms with Crippen LogP contribution in [0.5, 0.6) is 5.88 Å². The summed E-state index contributed by atoms with van der Waals surface area (Å²) < 4.78 is 11.1. The van der Waals surface area contributed by atoms with Crippen LogP contribution in [0.25, 0.3) is 0 Å². The molecule has 174 valence electrons. The average molecular weight is 449 g/mol. The summed E-state index contributed by atoms with van der Waals surface area (Å²) in [6.45, 7) is 5.82. The Balaban J connectivity index is 1.43. The molecule has 0 unspecified atom stereocenters. The van der Waals surface area contributed by atoms with E-state index in [4.69, 9.17) is 20.2 Å². The van der Waals surface area contributed by atoms with Crippen LogP contribution in [0.15, 0.2) is 23.2 Å². The smallest absolute Gasteiger partial charge is 0.305 e. The number of ether oxygens (including phenoxy) is 2. The maximum absolute atomic E-state index is 11.7. The van der Waals surface area contributed by atoms with Gasteiger partial charge in [-0.1, -0.05) is 12.1 Å². The van der Waals surface area contributed by atoms with E-state index in [1.165, 1.54) is 24.7 Å². The Morgan fingerprint density at radius 3 is 2.70 bits per heavy atom. The summed E-state index contributed by atoms with van der Waals surface area (Å²) in [6, 6.07) is 6.75. The molecule has 5 rings (SSSR count). The van der Waals surface area contributed by atoms with Crippen molar-refractivity contribution in [2.24, 2.45) is 10.9 Å². The molecule has 7 nitrogen and oxygen atoms in total. The lowest BCUT2D eigenvalue weighted by Crippen LogP contribution is -2.41. The van der Waals surface area contributed by atoms with Crippen LogP contribution in [0.2, 0.25) is 0 Å². The average Bonchev–Trinajstić information content (AvgIpc) is 3.11. The predicted octanol–water partition coefficient (Wildman–Crippen LogP) is 4.60. The van der Waals surface area contributed by atoms with Crippen molar-refractivity contribution in [3.8, 4) is 5.88 Å². The van der Waals surface area contributed by atoms with Crippen molar-refractivity contribution >= 4 is 23.2 Å². The number of esters is 1. The predicted molar refractivity (Wildman–Crippen MR) is 127 cm³/mol. The lowest BCUT2D eigenvalue weighted by Gasteiger charge is -2.38. The minimum absolute atomic E-state index is 0.0896. The molecule has 3 aliphatic rings. The number of carbonyl (C=O) groups is 1. The van der Waals surface area contributed by atoms with Gasteiger partial charge in [-0.25, -0.2) is 9.98 Å². The van der Waals surface area contributed by atoms with Gasteiger partial charge in [-0.3, -0.25) is 4.79 Å². The van der Waals surface area contributed by atoms with Gasteiger partial charge in [0.05, 0.1) is 12.8 Å². The Hall–Kier alpha value is -2.96. The van der Waals surface area contributed by atoms with E-state index >= 15 is 0 Å². The third kappa shape index (κ3) is 3.77. The molecule has 1 aromatic carbocycles. The first-order valence-corrected chi connectivity index (χ1v) is 11.8. The van der Waals surface area contributed by atoms with Crippen molar-refractivity contribution < 1.29 is 14.3 Å². The highest BCUT2D eigenvalue weighted by Crippen LogP contribution is 2.51. The number of nitrogen functional groups attached to an aromatic ring is 1. The first-order valence-electron chi connectivity index (χ1n) is 11.8. The number of benzene rings is 1. The van der Waals surface area contributed by atoms with Crippen LogP contribution in [-0.2, 0) is 21.4 Å². The number of rotatable bonds is 3. The molecule has 0 atom stereocenters. The first-order chi connectivity index (χ1) is 15.7. The van der Waals surface area contributed by atoms with Gasteiger partial charge >= 0.3 is 5.97 Å². The molecule has 0 bridgehead atoms. The largest absolute Gasteiger partial charge is 0.469 e. The quantitative estimate of drug-likeness (QED) is 0.689. The summed E-state index contributed by atoms with van der Waals surface area (Å²) in [5.41, 5.74) is 11.0. The number of hydrogen-bond donors (Lipinski definition) is 1. The minimum Gasteiger partial charge on any atom is -0.469 e. The molecule has 2 aromatic rings. The molecule has 1 spiro atoms. The van der Waals surface area contributed by atoms with Gasteiger partial charge in [0, 0.05) is 12.0 Å². The van der Waals surface area contributed by atoms with E-state index in [1.807, 2.05) is 13.8 Å². The summed E-state index contributed by atoms with van der Waals surface area (Å²) in [7, 11) is 1.47. The van der Waals surface area contributed by atoms with Crippen LogP contribution in [0.1, 0.15) is 74.9 Å². The fourth-order valence-corrected chi connectivity index (χ4v) is 5.93. The van der Waals surface area contributed by atoms with Crippen molar-refractivity contribution in [2.75, 3.05) is 12.8 Å². The second-order valence-electron chi connectivity index (χ2n) is 10.3. The zero-order valence-electron chi connectivity index (χ0n) is 19.9. The molecule has 0 radical (unpaired) electrons. The van der Waals surface area contributed by atoms with Gasteiger partial charge in [0.25, 0.3) is 0 Å². The van der Waals surface area contributed by atoms with Gasteiger partial charge in [0.2, 0.25) is 5.88 Å². The van der Waals surface area contributed by atoms with Crippen LogP contribution in [0.3, 0.4) is 0 Å². The summed E-state index contributed by atoms with van der Waals surface area (Å²) in [5.74, 6) is 1.71. The molecule has 1 fully saturated rings. The molecule has 2 N–H and O–H groups in total. The molecular formula is C26H32N4O3. The molecule has 2 heterocycles. The molecule has 0 amide bonds.